The van der Waals surface area contributed by atoms with Crippen LogP contribution in [0, 0.1) is 5.41 Å². The molecule has 0 saturated heterocycles. The van der Waals surface area contributed by atoms with Crippen LogP contribution in [0.25, 0.3) is 0 Å². The third-order valence-corrected chi connectivity index (χ3v) is 4.44. The molecule has 0 aromatic carbocycles. The highest BCUT2D eigenvalue weighted by Gasteiger charge is 2.40. The van der Waals surface area contributed by atoms with Crippen molar-refractivity contribution < 1.29 is 0 Å². The fourth-order valence-corrected chi connectivity index (χ4v) is 2.86. The van der Waals surface area contributed by atoms with Crippen molar-refractivity contribution in [1.82, 2.24) is 5.32 Å². The van der Waals surface area contributed by atoms with Crippen LogP contribution in [-0.2, 0) is 0 Å². The standard InChI is InChI=1S/C17H35N/c1-3-5-6-7-8-9-10-11-12-17(13-14-17)16-18-15-4-2/h18H,3-16H2,1-2H3. The SMILES string of the molecule is CCCCCCCCCCC1(CNCCC)CC1. The smallest absolute Gasteiger partial charge is 0.000781 e. The lowest BCUT2D eigenvalue weighted by Crippen LogP contribution is -2.24. The molecule has 0 aliphatic heterocycles. The number of rotatable bonds is 13. The van der Waals surface area contributed by atoms with Crippen molar-refractivity contribution in [3.63, 3.8) is 0 Å². The van der Waals surface area contributed by atoms with Crippen LogP contribution in [0.5, 0.6) is 0 Å². The zero-order chi connectivity index (χ0) is 13.1. The van der Waals surface area contributed by atoms with Gasteiger partial charge in [0.05, 0.1) is 0 Å². The molecule has 1 aliphatic carbocycles. The Morgan fingerprint density at radius 1 is 0.778 bits per heavy atom. The van der Waals surface area contributed by atoms with E-state index >= 15 is 0 Å². The van der Waals surface area contributed by atoms with Crippen LogP contribution in [-0.4, -0.2) is 13.1 Å². The third-order valence-electron chi connectivity index (χ3n) is 4.44. The average molecular weight is 253 g/mol. The van der Waals surface area contributed by atoms with Gasteiger partial charge in [0.25, 0.3) is 0 Å². The second kappa shape index (κ2) is 9.83. The molecule has 0 unspecified atom stereocenters. The normalized spacial score (nSPS) is 17.0. The Kier molecular flexibility index (Phi) is 8.75. The van der Waals surface area contributed by atoms with Gasteiger partial charge in [0, 0.05) is 6.54 Å². The van der Waals surface area contributed by atoms with Crippen molar-refractivity contribution in [3.05, 3.63) is 0 Å². The molecule has 1 nitrogen and oxygen atoms in total. The summed E-state index contributed by atoms with van der Waals surface area (Å²) >= 11 is 0. The fraction of sp³-hybridized carbons (Fsp3) is 1.00. The highest BCUT2D eigenvalue weighted by atomic mass is 14.9. The maximum atomic E-state index is 3.61. The van der Waals surface area contributed by atoms with E-state index in [1.807, 2.05) is 0 Å². The van der Waals surface area contributed by atoms with Gasteiger partial charge in [0.2, 0.25) is 0 Å². The van der Waals surface area contributed by atoms with Crippen molar-refractivity contribution in [2.24, 2.45) is 5.41 Å². The van der Waals surface area contributed by atoms with E-state index in [1.54, 1.807) is 0 Å². The van der Waals surface area contributed by atoms with E-state index in [0.29, 0.717) is 0 Å². The zero-order valence-corrected chi connectivity index (χ0v) is 12.9. The molecule has 0 aromatic rings. The average Bonchev–Trinajstić information content (AvgIpc) is 3.13. The van der Waals surface area contributed by atoms with Gasteiger partial charge >= 0.3 is 0 Å². The molecule has 0 aromatic heterocycles. The summed E-state index contributed by atoms with van der Waals surface area (Å²) in [7, 11) is 0. The van der Waals surface area contributed by atoms with Crippen molar-refractivity contribution in [3.8, 4) is 0 Å². The minimum Gasteiger partial charge on any atom is -0.316 e. The predicted octanol–water partition coefficient (Wildman–Crippen LogP) is 5.30. The Morgan fingerprint density at radius 3 is 1.94 bits per heavy atom. The first-order valence-electron chi connectivity index (χ1n) is 8.54. The van der Waals surface area contributed by atoms with Crippen molar-refractivity contribution >= 4 is 0 Å². The lowest BCUT2D eigenvalue weighted by atomic mass is 9.97. The molecule has 1 rings (SSSR count). The van der Waals surface area contributed by atoms with Gasteiger partial charge in [-0.15, -0.1) is 0 Å². The molecule has 0 amide bonds. The molecule has 0 radical (unpaired) electrons. The van der Waals surface area contributed by atoms with Gasteiger partial charge in [-0.25, -0.2) is 0 Å². The van der Waals surface area contributed by atoms with Crippen molar-refractivity contribution in [2.75, 3.05) is 13.1 Å². The lowest BCUT2D eigenvalue weighted by molar-refractivity contribution is 0.402. The summed E-state index contributed by atoms with van der Waals surface area (Å²) in [5.74, 6) is 0. The van der Waals surface area contributed by atoms with Gasteiger partial charge < -0.3 is 5.32 Å². The van der Waals surface area contributed by atoms with Gasteiger partial charge in [0.15, 0.2) is 0 Å². The summed E-state index contributed by atoms with van der Waals surface area (Å²) in [6.45, 7) is 7.04. The number of hydrogen-bond acceptors (Lipinski definition) is 1. The van der Waals surface area contributed by atoms with Gasteiger partial charge in [-0.2, -0.15) is 0 Å². The fourth-order valence-electron chi connectivity index (χ4n) is 2.86. The predicted molar refractivity (Wildman–Crippen MR) is 82.1 cm³/mol. The summed E-state index contributed by atoms with van der Waals surface area (Å²) in [5, 5.41) is 3.61. The van der Waals surface area contributed by atoms with Gasteiger partial charge in [-0.3, -0.25) is 0 Å². The topological polar surface area (TPSA) is 12.0 Å². The molecule has 0 bridgehead atoms. The van der Waals surface area contributed by atoms with Crippen LogP contribution >= 0.6 is 0 Å². The van der Waals surface area contributed by atoms with Crippen LogP contribution in [0.4, 0.5) is 0 Å². The zero-order valence-electron chi connectivity index (χ0n) is 12.9. The van der Waals surface area contributed by atoms with Crippen molar-refractivity contribution in [2.45, 2.75) is 90.9 Å². The minimum absolute atomic E-state index is 0.734. The van der Waals surface area contributed by atoms with E-state index in [9.17, 15) is 0 Å². The first-order valence-corrected chi connectivity index (χ1v) is 8.54. The van der Waals surface area contributed by atoms with E-state index < -0.39 is 0 Å². The summed E-state index contributed by atoms with van der Waals surface area (Å²) in [6, 6.07) is 0. The molecule has 0 heterocycles. The first-order chi connectivity index (χ1) is 8.83. The van der Waals surface area contributed by atoms with Crippen LogP contribution in [0.1, 0.15) is 90.9 Å². The molecule has 1 heteroatoms. The summed E-state index contributed by atoms with van der Waals surface area (Å²) in [5.41, 5.74) is 0.734. The number of nitrogens with one attached hydrogen (secondary N) is 1. The third kappa shape index (κ3) is 7.41. The van der Waals surface area contributed by atoms with Crippen LogP contribution in [0.2, 0.25) is 0 Å². The summed E-state index contributed by atoms with van der Waals surface area (Å²) < 4.78 is 0. The Morgan fingerprint density at radius 2 is 1.39 bits per heavy atom. The van der Waals surface area contributed by atoms with Gasteiger partial charge in [-0.1, -0.05) is 65.2 Å². The molecule has 0 spiro atoms. The lowest BCUT2D eigenvalue weighted by Gasteiger charge is -2.15. The van der Waals surface area contributed by atoms with Gasteiger partial charge in [-0.05, 0) is 37.6 Å². The monoisotopic (exact) mass is 253 g/mol. The molecule has 108 valence electrons. The Labute approximate surface area is 115 Å². The Balaban J connectivity index is 1.85. The Bertz CT molecular complexity index is 184. The first kappa shape index (κ1) is 16.0. The van der Waals surface area contributed by atoms with E-state index in [0.717, 1.165) is 5.41 Å². The Hall–Kier alpha value is -0.0400. The maximum absolute atomic E-state index is 3.61. The summed E-state index contributed by atoms with van der Waals surface area (Å²) in [6.07, 6.45) is 17.4. The highest BCUT2D eigenvalue weighted by Crippen LogP contribution is 2.49. The van der Waals surface area contributed by atoms with E-state index in [4.69, 9.17) is 0 Å². The quantitative estimate of drug-likeness (QED) is 0.439. The van der Waals surface area contributed by atoms with Crippen molar-refractivity contribution in [1.29, 1.82) is 0 Å². The van der Waals surface area contributed by atoms with Gasteiger partial charge in [0.1, 0.15) is 0 Å². The van der Waals surface area contributed by atoms with E-state index in [1.165, 1.54) is 90.1 Å². The molecule has 18 heavy (non-hydrogen) atoms. The second-order valence-electron chi connectivity index (χ2n) is 6.40. The number of unbranched alkanes of at least 4 members (excludes halogenated alkanes) is 7. The number of hydrogen-bond donors (Lipinski definition) is 1. The molecule has 0 atom stereocenters. The van der Waals surface area contributed by atoms with Crippen LogP contribution in [0.3, 0.4) is 0 Å². The molecule has 1 fully saturated rings. The second-order valence-corrected chi connectivity index (χ2v) is 6.40. The maximum Gasteiger partial charge on any atom is 0.000781 e. The minimum atomic E-state index is 0.734. The molecule has 1 saturated carbocycles. The van der Waals surface area contributed by atoms with Crippen LogP contribution < -0.4 is 5.32 Å². The molecule has 1 aliphatic rings. The highest BCUT2D eigenvalue weighted by molar-refractivity contribution is 4.94. The van der Waals surface area contributed by atoms with E-state index in [-0.39, 0.29) is 0 Å². The van der Waals surface area contributed by atoms with E-state index in [2.05, 4.69) is 19.2 Å². The largest absolute Gasteiger partial charge is 0.316 e. The molecular weight excluding hydrogens is 218 g/mol. The molecule has 1 N–H and O–H groups in total. The van der Waals surface area contributed by atoms with Crippen LogP contribution in [0.15, 0.2) is 0 Å². The summed E-state index contributed by atoms with van der Waals surface area (Å²) in [4.78, 5) is 0. The molecular formula is C17H35N.